The van der Waals surface area contributed by atoms with Gasteiger partial charge in [0.25, 0.3) is 0 Å². The number of methoxy groups -OCH3 is 1. The van der Waals surface area contributed by atoms with Crippen molar-refractivity contribution in [1.82, 2.24) is 14.7 Å². The second-order valence-electron chi connectivity index (χ2n) is 10.9. The second kappa shape index (κ2) is 12.3. The number of sulfonamides is 1. The third-order valence-corrected chi connectivity index (χ3v) is 9.47. The highest BCUT2D eigenvalue weighted by Gasteiger charge is 2.24. The summed E-state index contributed by atoms with van der Waals surface area (Å²) in [7, 11) is -1.90. The monoisotopic (exact) mass is 581 g/mol. The molecule has 0 atom stereocenters. The predicted octanol–water partition coefficient (Wildman–Crippen LogP) is 6.73. The van der Waals surface area contributed by atoms with E-state index in [1.165, 1.54) is 0 Å². The van der Waals surface area contributed by atoms with Crippen LogP contribution in [0.3, 0.4) is 0 Å². The Morgan fingerprint density at radius 1 is 0.786 bits per heavy atom. The van der Waals surface area contributed by atoms with Gasteiger partial charge in [-0.05, 0) is 84.7 Å². The van der Waals surface area contributed by atoms with E-state index in [4.69, 9.17) is 14.7 Å². The number of nitrogens with one attached hydrogen (secondary N) is 3. The summed E-state index contributed by atoms with van der Waals surface area (Å²) in [6.45, 7) is 1.23. The molecule has 6 rings (SSSR count). The van der Waals surface area contributed by atoms with E-state index in [1.807, 2.05) is 78.9 Å². The Hall–Kier alpha value is -4.21. The van der Waals surface area contributed by atoms with Gasteiger partial charge in [0.2, 0.25) is 16.0 Å². The zero-order chi connectivity index (χ0) is 28.9. The van der Waals surface area contributed by atoms with Crippen molar-refractivity contribution < 1.29 is 13.2 Å². The van der Waals surface area contributed by atoms with Crippen LogP contribution in [0.25, 0.3) is 21.7 Å². The van der Waals surface area contributed by atoms with Gasteiger partial charge in [0, 0.05) is 30.2 Å². The molecule has 3 N–H and O–H groups in total. The van der Waals surface area contributed by atoms with Gasteiger partial charge in [0.05, 0.1) is 17.5 Å². The van der Waals surface area contributed by atoms with Gasteiger partial charge in [-0.1, -0.05) is 48.5 Å². The molecule has 0 bridgehead atoms. The molecular formula is C33H35N5O3S. The van der Waals surface area contributed by atoms with Crippen molar-refractivity contribution >= 4 is 49.2 Å². The molecule has 1 heterocycles. The summed E-state index contributed by atoms with van der Waals surface area (Å²) in [5, 5.41) is 9.78. The Morgan fingerprint density at radius 3 is 2.33 bits per heavy atom. The molecule has 0 radical (unpaired) electrons. The molecule has 0 spiro atoms. The maximum Gasteiger partial charge on any atom is 0.240 e. The minimum absolute atomic E-state index is 0.315. The van der Waals surface area contributed by atoms with E-state index in [2.05, 4.69) is 15.4 Å². The first kappa shape index (κ1) is 27.9. The lowest BCUT2D eigenvalue weighted by Crippen LogP contribution is -2.32. The Bertz CT molecular complexity index is 1800. The van der Waals surface area contributed by atoms with Crippen LogP contribution in [-0.4, -0.2) is 38.6 Å². The number of para-hydroxylation sites is 1. The summed E-state index contributed by atoms with van der Waals surface area (Å²) in [5.74, 6) is 2.90. The van der Waals surface area contributed by atoms with Crippen molar-refractivity contribution in [3.8, 4) is 5.75 Å². The number of benzene rings is 4. The Morgan fingerprint density at radius 2 is 1.52 bits per heavy atom. The normalized spacial score (nSPS) is 17.3. The number of nitrogens with zero attached hydrogens (tertiary/aromatic N) is 2. The number of fused-ring (bicyclic) bond motifs is 2. The van der Waals surface area contributed by atoms with Gasteiger partial charge in [-0.25, -0.2) is 18.1 Å². The third-order valence-electron chi connectivity index (χ3n) is 8.04. The minimum Gasteiger partial charge on any atom is -0.497 e. The van der Waals surface area contributed by atoms with Gasteiger partial charge in [0.15, 0.2) is 0 Å². The van der Waals surface area contributed by atoms with Crippen LogP contribution in [-0.2, 0) is 10.0 Å². The van der Waals surface area contributed by atoms with Crippen LogP contribution in [0.2, 0.25) is 0 Å². The highest BCUT2D eigenvalue weighted by atomic mass is 32.2. The molecule has 216 valence electrons. The van der Waals surface area contributed by atoms with Crippen LogP contribution in [0.15, 0.2) is 95.9 Å². The smallest absolute Gasteiger partial charge is 0.240 e. The van der Waals surface area contributed by atoms with Crippen molar-refractivity contribution in [1.29, 1.82) is 0 Å². The van der Waals surface area contributed by atoms with E-state index in [0.717, 1.165) is 71.2 Å². The van der Waals surface area contributed by atoms with E-state index in [0.29, 0.717) is 29.2 Å². The number of rotatable bonds is 10. The van der Waals surface area contributed by atoms with Gasteiger partial charge < -0.3 is 15.4 Å². The van der Waals surface area contributed by atoms with Crippen molar-refractivity contribution in [2.24, 2.45) is 11.8 Å². The minimum atomic E-state index is -3.55. The number of aromatic nitrogens is 2. The summed E-state index contributed by atoms with van der Waals surface area (Å²) in [6, 6.07) is 28.8. The third kappa shape index (κ3) is 6.48. The van der Waals surface area contributed by atoms with Crippen LogP contribution >= 0.6 is 0 Å². The highest BCUT2D eigenvalue weighted by molar-refractivity contribution is 7.89. The van der Waals surface area contributed by atoms with Gasteiger partial charge in [-0.3, -0.25) is 0 Å². The summed E-state index contributed by atoms with van der Waals surface area (Å²) in [5.41, 5.74) is 1.75. The Kier molecular flexibility index (Phi) is 8.21. The molecule has 9 heteroatoms. The lowest BCUT2D eigenvalue weighted by molar-refractivity contribution is 0.284. The lowest BCUT2D eigenvalue weighted by atomic mass is 9.82. The zero-order valence-corrected chi connectivity index (χ0v) is 24.4. The average molecular weight is 582 g/mol. The Labute approximate surface area is 246 Å². The summed E-state index contributed by atoms with van der Waals surface area (Å²) >= 11 is 0. The van der Waals surface area contributed by atoms with Crippen LogP contribution in [0.4, 0.5) is 17.5 Å². The maximum absolute atomic E-state index is 13.0. The number of anilines is 3. The van der Waals surface area contributed by atoms with E-state index in [-0.39, 0.29) is 0 Å². The summed E-state index contributed by atoms with van der Waals surface area (Å²) in [6.07, 6.45) is 4.01. The molecule has 0 unspecified atom stereocenters. The molecule has 0 aliphatic heterocycles. The molecule has 1 aliphatic rings. The number of hydrogen-bond donors (Lipinski definition) is 3. The largest absolute Gasteiger partial charge is 0.497 e. The molecule has 42 heavy (non-hydrogen) atoms. The molecule has 1 aromatic heterocycles. The highest BCUT2D eigenvalue weighted by Crippen LogP contribution is 2.30. The van der Waals surface area contributed by atoms with Crippen LogP contribution in [0, 0.1) is 11.8 Å². The van der Waals surface area contributed by atoms with E-state index in [1.54, 1.807) is 19.2 Å². The summed E-state index contributed by atoms with van der Waals surface area (Å²) in [4.78, 5) is 9.87. The summed E-state index contributed by atoms with van der Waals surface area (Å²) < 4.78 is 34.1. The molecule has 0 saturated heterocycles. The fourth-order valence-electron chi connectivity index (χ4n) is 5.61. The molecule has 8 nitrogen and oxygen atoms in total. The lowest BCUT2D eigenvalue weighted by Gasteiger charge is -2.28. The topological polar surface area (TPSA) is 105 Å². The first-order chi connectivity index (χ1) is 20.5. The zero-order valence-electron chi connectivity index (χ0n) is 23.6. The molecule has 1 fully saturated rings. The maximum atomic E-state index is 13.0. The van der Waals surface area contributed by atoms with E-state index < -0.39 is 10.0 Å². The van der Waals surface area contributed by atoms with Gasteiger partial charge in [-0.15, -0.1) is 0 Å². The van der Waals surface area contributed by atoms with Crippen LogP contribution in [0.1, 0.15) is 25.7 Å². The molecule has 1 saturated carbocycles. The second-order valence-corrected chi connectivity index (χ2v) is 12.7. The number of hydrogen-bond acceptors (Lipinski definition) is 7. The molecular weight excluding hydrogens is 546 g/mol. The average Bonchev–Trinajstić information content (AvgIpc) is 3.03. The Balaban J connectivity index is 1.04. The van der Waals surface area contributed by atoms with Crippen LogP contribution in [0.5, 0.6) is 5.75 Å². The number of ether oxygens (including phenoxy) is 1. The van der Waals surface area contributed by atoms with Crippen molar-refractivity contribution in [2.45, 2.75) is 30.6 Å². The predicted molar refractivity (Wildman–Crippen MR) is 169 cm³/mol. The fraction of sp³-hybridized carbons (Fsp3) is 0.273. The molecule has 4 aromatic carbocycles. The molecule has 1 aliphatic carbocycles. The molecule has 0 amide bonds. The quantitative estimate of drug-likeness (QED) is 0.168. The SMILES string of the molecule is COc1cccc(Nc2nc(NC[C@H]3CC[C@H](CNS(=O)(=O)c4ccc5ccccc5c4)CC3)nc3ccccc23)c1. The standard InChI is InChI=1S/C33H35N5O3S/c1-41-28-10-6-9-27(20-28)36-32-30-11-4-5-12-31(30)37-33(38-32)34-21-23-13-15-24(16-14-23)22-35-42(39,40)29-18-17-25-7-2-3-8-26(25)19-29/h2-12,17-20,23-24,35H,13-16,21-22H2,1H3,(H2,34,36,37,38)/t23-,24-. The van der Waals surface area contributed by atoms with Crippen LogP contribution < -0.4 is 20.1 Å². The first-order valence-electron chi connectivity index (χ1n) is 14.4. The van der Waals surface area contributed by atoms with Crippen molar-refractivity contribution in [3.05, 3.63) is 91.0 Å². The van der Waals surface area contributed by atoms with Gasteiger partial charge in [-0.2, -0.15) is 4.98 Å². The van der Waals surface area contributed by atoms with Gasteiger partial charge >= 0.3 is 0 Å². The molecule has 5 aromatic rings. The van der Waals surface area contributed by atoms with E-state index in [9.17, 15) is 8.42 Å². The van der Waals surface area contributed by atoms with Gasteiger partial charge in [0.1, 0.15) is 11.6 Å². The van der Waals surface area contributed by atoms with Crippen molar-refractivity contribution in [3.63, 3.8) is 0 Å². The fourth-order valence-corrected chi connectivity index (χ4v) is 6.76. The van der Waals surface area contributed by atoms with E-state index >= 15 is 0 Å². The van der Waals surface area contributed by atoms with Crippen molar-refractivity contribution in [2.75, 3.05) is 30.8 Å². The first-order valence-corrected chi connectivity index (χ1v) is 15.9.